The number of aryl methyl sites for hydroxylation is 2. The van der Waals surface area contributed by atoms with Crippen LogP contribution in [0.4, 0.5) is 0 Å². The van der Waals surface area contributed by atoms with Crippen LogP contribution in [-0.4, -0.2) is 9.55 Å². The van der Waals surface area contributed by atoms with Gasteiger partial charge >= 0.3 is 0 Å². The summed E-state index contributed by atoms with van der Waals surface area (Å²) in [6.45, 7) is 7.25. The SMILES string of the molecule is CCCn1c(C(C)Cl)nc2cccc(C)c21. The molecule has 0 N–H and O–H groups in total. The molecule has 0 aliphatic heterocycles. The van der Waals surface area contributed by atoms with Crippen LogP contribution in [0, 0.1) is 6.92 Å². The van der Waals surface area contributed by atoms with Crippen molar-refractivity contribution in [3.8, 4) is 0 Å². The lowest BCUT2D eigenvalue weighted by Gasteiger charge is -2.09. The summed E-state index contributed by atoms with van der Waals surface area (Å²) in [4.78, 5) is 4.62. The van der Waals surface area contributed by atoms with E-state index in [1.165, 1.54) is 11.1 Å². The zero-order chi connectivity index (χ0) is 11.7. The Morgan fingerprint density at radius 1 is 1.44 bits per heavy atom. The lowest BCUT2D eigenvalue weighted by molar-refractivity contribution is 0.653. The van der Waals surface area contributed by atoms with Crippen LogP contribution in [0.25, 0.3) is 11.0 Å². The van der Waals surface area contributed by atoms with Crippen LogP contribution >= 0.6 is 11.6 Å². The molecule has 2 nitrogen and oxygen atoms in total. The second-order valence-corrected chi connectivity index (χ2v) is 4.83. The van der Waals surface area contributed by atoms with E-state index in [0.717, 1.165) is 24.3 Å². The van der Waals surface area contributed by atoms with E-state index >= 15 is 0 Å². The summed E-state index contributed by atoms with van der Waals surface area (Å²) in [6, 6.07) is 6.22. The quantitative estimate of drug-likeness (QED) is 0.735. The molecule has 86 valence electrons. The van der Waals surface area contributed by atoms with Crippen molar-refractivity contribution in [3.05, 3.63) is 29.6 Å². The van der Waals surface area contributed by atoms with Gasteiger partial charge in [-0.3, -0.25) is 0 Å². The van der Waals surface area contributed by atoms with Crippen LogP contribution in [0.3, 0.4) is 0 Å². The topological polar surface area (TPSA) is 17.8 Å². The molecule has 0 bridgehead atoms. The Labute approximate surface area is 101 Å². The molecule has 1 atom stereocenters. The van der Waals surface area contributed by atoms with Crippen LogP contribution in [0.2, 0.25) is 0 Å². The summed E-state index contributed by atoms with van der Waals surface area (Å²) in [6.07, 6.45) is 1.09. The first kappa shape index (κ1) is 11.5. The van der Waals surface area contributed by atoms with Crippen LogP contribution in [0.1, 0.15) is 37.0 Å². The van der Waals surface area contributed by atoms with E-state index < -0.39 is 0 Å². The number of hydrogen-bond acceptors (Lipinski definition) is 1. The number of rotatable bonds is 3. The van der Waals surface area contributed by atoms with Gasteiger partial charge in [-0.15, -0.1) is 11.6 Å². The molecule has 1 heterocycles. The highest BCUT2D eigenvalue weighted by Gasteiger charge is 2.15. The zero-order valence-corrected chi connectivity index (χ0v) is 10.8. The number of benzene rings is 1. The van der Waals surface area contributed by atoms with Gasteiger partial charge in [0.2, 0.25) is 0 Å². The van der Waals surface area contributed by atoms with E-state index in [0.29, 0.717) is 0 Å². The highest BCUT2D eigenvalue weighted by Crippen LogP contribution is 2.26. The fraction of sp³-hybridized carbons (Fsp3) is 0.462. The third kappa shape index (κ3) is 1.82. The first-order valence-electron chi connectivity index (χ1n) is 5.75. The third-order valence-electron chi connectivity index (χ3n) is 2.80. The minimum atomic E-state index is -0.0432. The van der Waals surface area contributed by atoms with Gasteiger partial charge in [0.25, 0.3) is 0 Å². The van der Waals surface area contributed by atoms with Crippen LogP contribution in [0.5, 0.6) is 0 Å². The number of hydrogen-bond donors (Lipinski definition) is 0. The zero-order valence-electron chi connectivity index (χ0n) is 10.00. The first-order chi connectivity index (χ1) is 7.65. The Hall–Kier alpha value is -1.02. The predicted molar refractivity (Wildman–Crippen MR) is 69.0 cm³/mol. The lowest BCUT2D eigenvalue weighted by Crippen LogP contribution is -2.04. The summed E-state index contributed by atoms with van der Waals surface area (Å²) in [5, 5.41) is -0.0432. The van der Waals surface area contributed by atoms with Gasteiger partial charge in [-0.25, -0.2) is 4.98 Å². The minimum absolute atomic E-state index is 0.0432. The van der Waals surface area contributed by atoms with Crippen LogP contribution in [0.15, 0.2) is 18.2 Å². The molecule has 0 spiro atoms. The van der Waals surface area contributed by atoms with E-state index in [2.05, 4.69) is 35.5 Å². The normalized spacial score (nSPS) is 13.2. The van der Waals surface area contributed by atoms with Crippen LogP contribution in [-0.2, 0) is 6.54 Å². The summed E-state index contributed by atoms with van der Waals surface area (Å²) in [5.74, 6) is 0.979. The van der Waals surface area contributed by atoms with Gasteiger partial charge in [0.05, 0.1) is 16.4 Å². The van der Waals surface area contributed by atoms with E-state index in [9.17, 15) is 0 Å². The number of aromatic nitrogens is 2. The molecule has 1 aromatic carbocycles. The standard InChI is InChI=1S/C13H17ClN2/c1-4-8-16-12-9(2)6-5-7-11(12)15-13(16)10(3)14/h5-7,10H,4,8H2,1-3H3. The van der Waals surface area contributed by atoms with Gasteiger partial charge < -0.3 is 4.57 Å². The Morgan fingerprint density at radius 3 is 2.81 bits per heavy atom. The maximum absolute atomic E-state index is 6.18. The number of nitrogens with zero attached hydrogens (tertiary/aromatic N) is 2. The molecule has 2 aromatic rings. The lowest BCUT2D eigenvalue weighted by atomic mass is 10.2. The molecule has 0 saturated heterocycles. The Bertz CT molecular complexity index is 500. The molecule has 1 unspecified atom stereocenters. The first-order valence-corrected chi connectivity index (χ1v) is 6.18. The molecule has 0 amide bonds. The van der Waals surface area contributed by atoms with Crippen molar-refractivity contribution in [1.82, 2.24) is 9.55 Å². The van der Waals surface area contributed by atoms with Gasteiger partial charge in [0, 0.05) is 6.54 Å². The number of imidazole rings is 1. The Kier molecular flexibility index (Phi) is 3.20. The van der Waals surface area contributed by atoms with Crippen molar-refractivity contribution in [2.75, 3.05) is 0 Å². The molecule has 0 saturated carbocycles. The average molecular weight is 237 g/mol. The largest absolute Gasteiger partial charge is 0.327 e. The smallest absolute Gasteiger partial charge is 0.127 e. The van der Waals surface area contributed by atoms with Crippen molar-refractivity contribution < 1.29 is 0 Å². The van der Waals surface area contributed by atoms with Gasteiger partial charge in [-0.1, -0.05) is 19.1 Å². The Morgan fingerprint density at radius 2 is 2.19 bits per heavy atom. The predicted octanol–water partition coefficient (Wildman–Crippen LogP) is 4.05. The van der Waals surface area contributed by atoms with E-state index in [1.807, 2.05) is 13.0 Å². The maximum atomic E-state index is 6.18. The summed E-state index contributed by atoms with van der Waals surface area (Å²) in [5.41, 5.74) is 3.55. The second-order valence-electron chi connectivity index (χ2n) is 4.18. The third-order valence-corrected chi connectivity index (χ3v) is 3.00. The molecule has 3 heteroatoms. The summed E-state index contributed by atoms with van der Waals surface area (Å²) >= 11 is 6.18. The van der Waals surface area contributed by atoms with Gasteiger partial charge in [0.15, 0.2) is 0 Å². The van der Waals surface area contributed by atoms with E-state index in [-0.39, 0.29) is 5.38 Å². The second kappa shape index (κ2) is 4.46. The highest BCUT2D eigenvalue weighted by molar-refractivity contribution is 6.20. The summed E-state index contributed by atoms with van der Waals surface area (Å²) < 4.78 is 2.25. The van der Waals surface area contributed by atoms with Gasteiger partial charge in [-0.2, -0.15) is 0 Å². The van der Waals surface area contributed by atoms with Crippen molar-refractivity contribution in [2.24, 2.45) is 0 Å². The molecule has 0 aliphatic carbocycles. The maximum Gasteiger partial charge on any atom is 0.127 e. The molecular weight excluding hydrogens is 220 g/mol. The number of halogens is 1. The molecule has 2 rings (SSSR count). The fourth-order valence-corrected chi connectivity index (χ4v) is 2.30. The number of para-hydroxylation sites is 1. The van der Waals surface area contributed by atoms with Gasteiger partial charge in [-0.05, 0) is 31.9 Å². The molecule has 16 heavy (non-hydrogen) atoms. The number of alkyl halides is 1. The minimum Gasteiger partial charge on any atom is -0.327 e. The molecule has 0 aliphatic rings. The molecule has 1 aromatic heterocycles. The van der Waals surface area contributed by atoms with Gasteiger partial charge in [0.1, 0.15) is 5.82 Å². The Balaban J connectivity index is 2.72. The molecular formula is C13H17ClN2. The molecule has 0 radical (unpaired) electrons. The average Bonchev–Trinajstić information content (AvgIpc) is 2.59. The summed E-state index contributed by atoms with van der Waals surface area (Å²) in [7, 11) is 0. The van der Waals surface area contributed by atoms with E-state index in [4.69, 9.17) is 11.6 Å². The van der Waals surface area contributed by atoms with Crippen molar-refractivity contribution in [2.45, 2.75) is 39.1 Å². The van der Waals surface area contributed by atoms with Crippen molar-refractivity contribution >= 4 is 22.6 Å². The molecule has 0 fully saturated rings. The fourth-order valence-electron chi connectivity index (χ4n) is 2.14. The van der Waals surface area contributed by atoms with Crippen LogP contribution < -0.4 is 0 Å². The van der Waals surface area contributed by atoms with Crippen molar-refractivity contribution in [1.29, 1.82) is 0 Å². The monoisotopic (exact) mass is 236 g/mol. The highest BCUT2D eigenvalue weighted by atomic mass is 35.5. The van der Waals surface area contributed by atoms with Crippen molar-refractivity contribution in [3.63, 3.8) is 0 Å². The number of fused-ring (bicyclic) bond motifs is 1. The van der Waals surface area contributed by atoms with E-state index in [1.54, 1.807) is 0 Å².